The number of ether oxygens (including phenoxy) is 2. The minimum Gasteiger partial charge on any atom is -0.464 e. The van der Waals surface area contributed by atoms with Crippen LogP contribution in [-0.2, 0) is 22.4 Å². The summed E-state index contributed by atoms with van der Waals surface area (Å²) in [6, 6.07) is 14.6. The Hall–Kier alpha value is -3.60. The second-order valence-electron chi connectivity index (χ2n) is 11.3. The third-order valence-electron chi connectivity index (χ3n) is 7.00. The lowest BCUT2D eigenvalue weighted by Crippen LogP contribution is -2.35. The molecule has 0 fully saturated rings. The van der Waals surface area contributed by atoms with Gasteiger partial charge >= 0.3 is 5.97 Å². The first-order valence-electron chi connectivity index (χ1n) is 14.0. The summed E-state index contributed by atoms with van der Waals surface area (Å²) < 4.78 is 12.2. The summed E-state index contributed by atoms with van der Waals surface area (Å²) in [7, 11) is -0.0601. The second-order valence-corrected chi connectivity index (χ2v) is 19.0. The van der Waals surface area contributed by atoms with Crippen molar-refractivity contribution in [3.63, 3.8) is 0 Å². The summed E-state index contributed by atoms with van der Waals surface area (Å²) >= 11 is 2.79. The number of amides is 1. The van der Waals surface area contributed by atoms with E-state index in [4.69, 9.17) is 19.6 Å². The normalized spacial score (nSPS) is 13.7. The van der Waals surface area contributed by atoms with Crippen molar-refractivity contribution in [1.29, 1.82) is 0 Å². The van der Waals surface area contributed by atoms with Crippen LogP contribution in [0.15, 0.2) is 42.5 Å². The number of aromatic nitrogens is 2. The summed E-state index contributed by atoms with van der Waals surface area (Å²) in [5.41, 5.74) is 3.54. The first-order chi connectivity index (χ1) is 20.7. The number of esters is 1. The number of hydrogen-bond acceptors (Lipinski definition) is 10. The summed E-state index contributed by atoms with van der Waals surface area (Å²) in [5, 5.41) is 13.6. The average Bonchev–Trinajstić information content (AvgIpc) is 3.62. The molecule has 5 rings (SSSR count). The number of fused-ring (bicyclic) bond motifs is 2. The van der Waals surface area contributed by atoms with Crippen molar-refractivity contribution in [2.75, 3.05) is 31.8 Å². The van der Waals surface area contributed by atoms with E-state index in [1.807, 2.05) is 47.4 Å². The second kappa shape index (κ2) is 13.4. The van der Waals surface area contributed by atoms with Crippen LogP contribution in [-0.4, -0.2) is 61.9 Å². The van der Waals surface area contributed by atoms with Crippen molar-refractivity contribution in [2.45, 2.75) is 44.9 Å². The van der Waals surface area contributed by atoms with Crippen LogP contribution in [0, 0.1) is 11.8 Å². The Bertz CT molecular complexity index is 1670. The molecule has 2 N–H and O–H groups in total. The molecular formula is C31H34N4O5S2Si. The van der Waals surface area contributed by atoms with Gasteiger partial charge in [-0.2, -0.15) is 0 Å². The van der Waals surface area contributed by atoms with Crippen LogP contribution in [0.1, 0.15) is 48.1 Å². The van der Waals surface area contributed by atoms with Crippen LogP contribution in [0.5, 0.6) is 0 Å². The highest BCUT2D eigenvalue weighted by molar-refractivity contribution is 7.18. The molecule has 1 amide bonds. The van der Waals surface area contributed by atoms with Crippen LogP contribution in [0.3, 0.4) is 0 Å². The quantitative estimate of drug-likeness (QED) is 0.111. The first kappa shape index (κ1) is 30.8. The Kier molecular flexibility index (Phi) is 9.58. The van der Waals surface area contributed by atoms with Gasteiger partial charge in [-0.3, -0.25) is 4.79 Å². The van der Waals surface area contributed by atoms with Gasteiger partial charge < -0.3 is 24.8 Å². The number of benzene rings is 2. The van der Waals surface area contributed by atoms with E-state index in [0.717, 1.165) is 27.4 Å². The van der Waals surface area contributed by atoms with E-state index in [0.29, 0.717) is 46.7 Å². The number of carbonyl (C=O) groups is 2. The predicted octanol–water partition coefficient (Wildman–Crippen LogP) is 5.23. The highest BCUT2D eigenvalue weighted by atomic mass is 32.1. The van der Waals surface area contributed by atoms with Crippen LogP contribution < -0.4 is 10.2 Å². The number of aliphatic hydroxyl groups is 1. The maximum atomic E-state index is 13.9. The largest absolute Gasteiger partial charge is 0.464 e. The average molecular weight is 635 g/mol. The van der Waals surface area contributed by atoms with E-state index in [1.165, 1.54) is 29.8 Å². The zero-order valence-electron chi connectivity index (χ0n) is 24.6. The van der Waals surface area contributed by atoms with Gasteiger partial charge in [0.15, 0.2) is 17.1 Å². The number of nitrogens with zero attached hydrogens (tertiary/aromatic N) is 3. The number of thiazole rings is 2. The number of methoxy groups -OCH3 is 1. The molecule has 1 aliphatic heterocycles. The molecule has 0 saturated carbocycles. The van der Waals surface area contributed by atoms with E-state index < -0.39 is 20.3 Å². The number of aliphatic hydroxyl groups excluding tert-OH is 1. The number of para-hydroxylation sites is 1. The van der Waals surface area contributed by atoms with E-state index in [-0.39, 0.29) is 18.2 Å². The van der Waals surface area contributed by atoms with Crippen molar-refractivity contribution in [3.8, 4) is 11.8 Å². The van der Waals surface area contributed by atoms with Gasteiger partial charge in [-0.05, 0) is 41.8 Å². The van der Waals surface area contributed by atoms with Gasteiger partial charge in [0.1, 0.15) is 16.5 Å². The standard InChI is InChI=1S/C31H34N4O5S2Si/c1-39-30(38)26-25(13-8-16-36)42-31(33-26)35-15-14-20-9-7-10-21(22(20)19-35)27(37)34-28(40-17-18-43(2,3)4)29-32-23-11-5-6-12-24(23)41-29/h5-7,9-12,28,36H,14-19H2,1-4H3,(H,34,37). The number of anilines is 1. The number of rotatable bonds is 9. The third kappa shape index (κ3) is 7.31. The van der Waals surface area contributed by atoms with Gasteiger partial charge in [-0.25, -0.2) is 14.8 Å². The summed E-state index contributed by atoms with van der Waals surface area (Å²) in [6.45, 7) is 8.18. The van der Waals surface area contributed by atoms with Gasteiger partial charge in [0, 0.05) is 33.3 Å². The van der Waals surface area contributed by atoms with Gasteiger partial charge in [-0.15, -0.1) is 11.3 Å². The topological polar surface area (TPSA) is 114 Å². The minimum atomic E-state index is -1.35. The Labute approximate surface area is 259 Å². The molecule has 9 nitrogen and oxygen atoms in total. The molecule has 4 aromatic rings. The van der Waals surface area contributed by atoms with Crippen LogP contribution in [0.4, 0.5) is 5.13 Å². The third-order valence-corrected chi connectivity index (χ3v) is 10.8. The van der Waals surface area contributed by atoms with Crippen LogP contribution in [0.2, 0.25) is 25.7 Å². The fraction of sp³-hybridized carbons (Fsp3) is 0.355. The lowest BCUT2D eigenvalue weighted by atomic mass is 9.94. The van der Waals surface area contributed by atoms with Crippen molar-refractivity contribution in [1.82, 2.24) is 15.3 Å². The molecular weight excluding hydrogens is 601 g/mol. The predicted molar refractivity (Wildman–Crippen MR) is 173 cm³/mol. The zero-order valence-corrected chi connectivity index (χ0v) is 27.2. The Balaban J connectivity index is 1.41. The van der Waals surface area contributed by atoms with Gasteiger partial charge in [0.05, 0.1) is 17.3 Å². The maximum Gasteiger partial charge on any atom is 0.358 e. The van der Waals surface area contributed by atoms with Crippen molar-refractivity contribution in [3.05, 3.63) is 74.7 Å². The molecule has 0 saturated heterocycles. The van der Waals surface area contributed by atoms with E-state index in [9.17, 15) is 9.59 Å². The van der Waals surface area contributed by atoms with E-state index >= 15 is 0 Å². The Morgan fingerprint density at radius 3 is 2.70 bits per heavy atom. The zero-order chi connectivity index (χ0) is 30.6. The molecule has 1 atom stereocenters. The molecule has 43 heavy (non-hydrogen) atoms. The minimum absolute atomic E-state index is 0.120. The molecule has 2 aromatic heterocycles. The fourth-order valence-corrected chi connectivity index (χ4v) is 7.35. The van der Waals surface area contributed by atoms with Crippen LogP contribution in [0.25, 0.3) is 10.2 Å². The Morgan fingerprint density at radius 2 is 1.95 bits per heavy atom. The first-order valence-corrected chi connectivity index (χ1v) is 19.3. The molecule has 2 aromatic carbocycles. The summed E-state index contributed by atoms with van der Waals surface area (Å²) in [4.78, 5) is 38.0. The number of carbonyl (C=O) groups excluding carboxylic acids is 2. The molecule has 12 heteroatoms. The Morgan fingerprint density at radius 1 is 1.14 bits per heavy atom. The van der Waals surface area contributed by atoms with Gasteiger partial charge in [-0.1, -0.05) is 67.1 Å². The summed E-state index contributed by atoms with van der Waals surface area (Å²) in [5.74, 6) is 4.57. The molecule has 1 aliphatic rings. The van der Waals surface area contributed by atoms with E-state index in [2.05, 4.69) is 41.8 Å². The maximum absolute atomic E-state index is 13.9. The smallest absolute Gasteiger partial charge is 0.358 e. The number of hydrogen-bond donors (Lipinski definition) is 2. The lowest BCUT2D eigenvalue weighted by Gasteiger charge is -2.30. The van der Waals surface area contributed by atoms with Crippen molar-refractivity contribution < 1.29 is 24.2 Å². The fourth-order valence-electron chi connectivity index (χ4n) is 4.70. The molecule has 1 unspecified atom stereocenters. The van der Waals surface area contributed by atoms with Crippen molar-refractivity contribution in [2.24, 2.45) is 0 Å². The monoisotopic (exact) mass is 634 g/mol. The molecule has 224 valence electrons. The molecule has 0 bridgehead atoms. The molecule has 0 radical (unpaired) electrons. The van der Waals surface area contributed by atoms with Crippen LogP contribution >= 0.6 is 22.7 Å². The van der Waals surface area contributed by atoms with E-state index in [1.54, 1.807) is 0 Å². The highest BCUT2D eigenvalue weighted by Gasteiger charge is 2.28. The lowest BCUT2D eigenvalue weighted by molar-refractivity contribution is 0.0332. The molecule has 0 spiro atoms. The number of nitrogens with one attached hydrogen (secondary N) is 1. The van der Waals surface area contributed by atoms with Gasteiger partial charge in [0.25, 0.3) is 5.91 Å². The highest BCUT2D eigenvalue weighted by Crippen LogP contribution is 2.33. The summed E-state index contributed by atoms with van der Waals surface area (Å²) in [6.07, 6.45) is 0.0287. The van der Waals surface area contributed by atoms with Gasteiger partial charge in [0.2, 0.25) is 0 Å². The molecule has 0 aliphatic carbocycles. The molecule has 3 heterocycles. The SMILES string of the molecule is COC(=O)c1nc(N2CCc3cccc(C(=O)NC(OCC[Si](C)(C)C)c4nc5ccccc5s4)c3C2)sc1C#CCO. The van der Waals surface area contributed by atoms with Crippen molar-refractivity contribution >= 4 is 58.0 Å².